The predicted octanol–water partition coefficient (Wildman–Crippen LogP) is 2.03. The van der Waals surface area contributed by atoms with Crippen LogP contribution in [0.2, 0.25) is 0 Å². The standard InChI is InChI=1S/C11H15F3N4/c12-11(13,14)9-4-5-16-10(18-9)17-8-3-1-2-7(8)6-15/h4-5,7-8H,1-3,6,15H2,(H,16,17,18). The van der Waals surface area contributed by atoms with Gasteiger partial charge in [0.2, 0.25) is 5.95 Å². The lowest BCUT2D eigenvalue weighted by molar-refractivity contribution is -0.141. The fourth-order valence-corrected chi connectivity index (χ4v) is 2.26. The molecule has 1 heterocycles. The van der Waals surface area contributed by atoms with Gasteiger partial charge in [-0.1, -0.05) is 6.42 Å². The summed E-state index contributed by atoms with van der Waals surface area (Å²) in [5.41, 5.74) is 4.69. The second kappa shape index (κ2) is 5.09. The Balaban J connectivity index is 2.10. The molecule has 1 aromatic rings. The lowest BCUT2D eigenvalue weighted by Gasteiger charge is -2.19. The van der Waals surface area contributed by atoms with Crippen molar-refractivity contribution in [2.75, 3.05) is 11.9 Å². The van der Waals surface area contributed by atoms with Gasteiger partial charge in [0, 0.05) is 12.2 Å². The lowest BCUT2D eigenvalue weighted by atomic mass is 10.0. The second-order valence-corrected chi connectivity index (χ2v) is 4.44. The number of hydrogen-bond donors (Lipinski definition) is 2. The molecule has 1 aromatic heterocycles. The molecule has 0 aliphatic heterocycles. The number of nitrogens with two attached hydrogens (primary N) is 1. The first kappa shape index (κ1) is 13.1. The SMILES string of the molecule is NCC1CCCC1Nc1nccc(C(F)(F)F)n1. The Kier molecular flexibility index (Phi) is 3.70. The number of alkyl halides is 3. The number of aromatic nitrogens is 2. The van der Waals surface area contributed by atoms with Gasteiger partial charge in [0.15, 0.2) is 0 Å². The van der Waals surface area contributed by atoms with Crippen molar-refractivity contribution in [1.29, 1.82) is 0 Å². The molecule has 1 fully saturated rings. The number of hydrogen-bond acceptors (Lipinski definition) is 4. The van der Waals surface area contributed by atoms with Crippen molar-refractivity contribution in [3.8, 4) is 0 Å². The molecule has 0 saturated heterocycles. The van der Waals surface area contributed by atoms with E-state index in [-0.39, 0.29) is 17.9 Å². The summed E-state index contributed by atoms with van der Waals surface area (Å²) in [6.45, 7) is 0.524. The Morgan fingerprint density at radius 2 is 2.17 bits per heavy atom. The van der Waals surface area contributed by atoms with Crippen LogP contribution in [0.1, 0.15) is 25.0 Å². The molecule has 2 rings (SSSR count). The minimum Gasteiger partial charge on any atom is -0.351 e. The van der Waals surface area contributed by atoms with Crippen LogP contribution in [0.4, 0.5) is 19.1 Å². The van der Waals surface area contributed by atoms with Crippen LogP contribution in [0, 0.1) is 5.92 Å². The van der Waals surface area contributed by atoms with Crippen molar-refractivity contribution in [3.05, 3.63) is 18.0 Å². The molecule has 0 radical (unpaired) electrons. The Labute approximate surface area is 103 Å². The van der Waals surface area contributed by atoms with E-state index in [1.807, 2.05) is 0 Å². The van der Waals surface area contributed by atoms with Crippen LogP contribution >= 0.6 is 0 Å². The molecule has 100 valence electrons. The summed E-state index contributed by atoms with van der Waals surface area (Å²) in [5.74, 6) is 0.304. The van der Waals surface area contributed by atoms with Crippen molar-refractivity contribution in [3.63, 3.8) is 0 Å². The maximum Gasteiger partial charge on any atom is 0.433 e. The Hall–Kier alpha value is -1.37. The van der Waals surface area contributed by atoms with E-state index in [0.29, 0.717) is 6.54 Å². The quantitative estimate of drug-likeness (QED) is 0.873. The highest BCUT2D eigenvalue weighted by atomic mass is 19.4. The summed E-state index contributed by atoms with van der Waals surface area (Å²) in [7, 11) is 0. The molecule has 0 amide bonds. The van der Waals surface area contributed by atoms with Gasteiger partial charge in [-0.15, -0.1) is 0 Å². The van der Waals surface area contributed by atoms with Crippen LogP contribution in [-0.2, 0) is 6.18 Å². The van der Waals surface area contributed by atoms with Gasteiger partial charge in [0.1, 0.15) is 5.69 Å². The first-order valence-electron chi connectivity index (χ1n) is 5.87. The molecule has 4 nitrogen and oxygen atoms in total. The Bertz CT molecular complexity index is 408. The predicted molar refractivity (Wildman–Crippen MR) is 60.8 cm³/mol. The highest BCUT2D eigenvalue weighted by Crippen LogP contribution is 2.29. The van der Waals surface area contributed by atoms with Crippen molar-refractivity contribution in [2.24, 2.45) is 11.7 Å². The van der Waals surface area contributed by atoms with Crippen molar-refractivity contribution >= 4 is 5.95 Å². The zero-order chi connectivity index (χ0) is 13.2. The van der Waals surface area contributed by atoms with Gasteiger partial charge in [-0.25, -0.2) is 9.97 Å². The van der Waals surface area contributed by atoms with Gasteiger partial charge in [0.25, 0.3) is 0 Å². The first-order chi connectivity index (χ1) is 8.50. The molecule has 0 aromatic carbocycles. The number of nitrogens with zero attached hydrogens (tertiary/aromatic N) is 2. The third kappa shape index (κ3) is 2.90. The van der Waals surface area contributed by atoms with E-state index in [1.165, 1.54) is 0 Å². The number of halogens is 3. The van der Waals surface area contributed by atoms with Gasteiger partial charge >= 0.3 is 6.18 Å². The van der Waals surface area contributed by atoms with E-state index in [0.717, 1.165) is 31.5 Å². The van der Waals surface area contributed by atoms with E-state index in [1.54, 1.807) is 0 Å². The molecule has 1 aliphatic rings. The van der Waals surface area contributed by atoms with Crippen LogP contribution in [-0.4, -0.2) is 22.6 Å². The average molecular weight is 260 g/mol. The maximum atomic E-state index is 12.5. The average Bonchev–Trinajstić information content (AvgIpc) is 2.75. The lowest BCUT2D eigenvalue weighted by Crippen LogP contribution is -2.30. The third-order valence-electron chi connectivity index (χ3n) is 3.22. The number of nitrogens with one attached hydrogen (secondary N) is 1. The molecule has 2 unspecified atom stereocenters. The van der Waals surface area contributed by atoms with E-state index >= 15 is 0 Å². The fourth-order valence-electron chi connectivity index (χ4n) is 2.26. The summed E-state index contributed by atoms with van der Waals surface area (Å²) >= 11 is 0. The van der Waals surface area contributed by atoms with Crippen molar-refractivity contribution < 1.29 is 13.2 Å². The highest BCUT2D eigenvalue weighted by molar-refractivity contribution is 5.28. The minimum absolute atomic E-state index is 0.0233. The monoisotopic (exact) mass is 260 g/mol. The zero-order valence-corrected chi connectivity index (χ0v) is 9.74. The largest absolute Gasteiger partial charge is 0.433 e. The molecule has 1 saturated carbocycles. The molecular formula is C11H15F3N4. The third-order valence-corrected chi connectivity index (χ3v) is 3.22. The van der Waals surface area contributed by atoms with Gasteiger partial charge in [-0.2, -0.15) is 13.2 Å². The fraction of sp³-hybridized carbons (Fsp3) is 0.636. The van der Waals surface area contributed by atoms with Crippen LogP contribution in [0.15, 0.2) is 12.3 Å². The molecular weight excluding hydrogens is 245 g/mol. The molecule has 3 N–H and O–H groups in total. The molecule has 0 bridgehead atoms. The summed E-state index contributed by atoms with van der Waals surface area (Å²) < 4.78 is 37.5. The van der Waals surface area contributed by atoms with Gasteiger partial charge < -0.3 is 11.1 Å². The molecule has 18 heavy (non-hydrogen) atoms. The highest BCUT2D eigenvalue weighted by Gasteiger charge is 2.33. The van der Waals surface area contributed by atoms with E-state index in [9.17, 15) is 13.2 Å². The topological polar surface area (TPSA) is 63.8 Å². The van der Waals surface area contributed by atoms with E-state index in [2.05, 4.69) is 15.3 Å². The van der Waals surface area contributed by atoms with Crippen molar-refractivity contribution in [2.45, 2.75) is 31.5 Å². The Morgan fingerprint density at radius 3 is 2.83 bits per heavy atom. The van der Waals surface area contributed by atoms with Gasteiger partial charge in [-0.05, 0) is 31.4 Å². The van der Waals surface area contributed by atoms with Crippen LogP contribution in [0.25, 0.3) is 0 Å². The zero-order valence-electron chi connectivity index (χ0n) is 9.74. The van der Waals surface area contributed by atoms with Crippen LogP contribution in [0.3, 0.4) is 0 Å². The summed E-state index contributed by atoms with van der Waals surface area (Å²) in [6.07, 6.45) is -0.417. The normalized spacial score (nSPS) is 24.2. The minimum atomic E-state index is -4.44. The first-order valence-corrected chi connectivity index (χ1v) is 5.87. The van der Waals surface area contributed by atoms with Crippen molar-refractivity contribution in [1.82, 2.24) is 9.97 Å². The van der Waals surface area contributed by atoms with Crippen LogP contribution < -0.4 is 11.1 Å². The molecule has 7 heteroatoms. The smallest absolute Gasteiger partial charge is 0.351 e. The van der Waals surface area contributed by atoms with Crippen LogP contribution in [0.5, 0.6) is 0 Å². The maximum absolute atomic E-state index is 12.5. The molecule has 2 atom stereocenters. The summed E-state index contributed by atoms with van der Waals surface area (Å²) in [4.78, 5) is 7.31. The molecule has 0 spiro atoms. The van der Waals surface area contributed by atoms with Gasteiger partial charge in [-0.3, -0.25) is 0 Å². The van der Waals surface area contributed by atoms with Gasteiger partial charge in [0.05, 0.1) is 0 Å². The Morgan fingerprint density at radius 1 is 1.39 bits per heavy atom. The summed E-state index contributed by atoms with van der Waals surface area (Å²) in [6, 6.07) is 0.929. The van der Waals surface area contributed by atoms with E-state index in [4.69, 9.17) is 5.73 Å². The molecule has 1 aliphatic carbocycles. The van der Waals surface area contributed by atoms with E-state index < -0.39 is 11.9 Å². The second-order valence-electron chi connectivity index (χ2n) is 4.44. The summed E-state index contributed by atoms with van der Waals surface area (Å²) in [5, 5.41) is 2.95. The number of anilines is 1. The number of rotatable bonds is 3.